The molecule has 0 saturated carbocycles. The molecule has 0 aliphatic carbocycles. The van der Waals surface area contributed by atoms with Crippen molar-refractivity contribution in [3.63, 3.8) is 0 Å². The van der Waals surface area contributed by atoms with E-state index in [1.54, 1.807) is 6.92 Å². The van der Waals surface area contributed by atoms with E-state index >= 15 is 0 Å². The third-order valence-corrected chi connectivity index (χ3v) is 3.65. The van der Waals surface area contributed by atoms with Gasteiger partial charge in [-0.25, -0.2) is 0 Å². The number of carbonyl (C=O) groups excluding carboxylic acids is 2. The topological polar surface area (TPSA) is 49.4 Å². The summed E-state index contributed by atoms with van der Waals surface area (Å²) in [6.45, 7) is 8.78. The molecule has 0 bridgehead atoms. The largest absolute Gasteiger partial charge is 0.345 e. The van der Waals surface area contributed by atoms with Gasteiger partial charge in [0.2, 0.25) is 11.8 Å². The van der Waals surface area contributed by atoms with Crippen LogP contribution < -0.4 is 5.32 Å². The highest BCUT2D eigenvalue weighted by molar-refractivity contribution is 5.90. The van der Waals surface area contributed by atoms with Gasteiger partial charge in [-0.3, -0.25) is 9.59 Å². The van der Waals surface area contributed by atoms with E-state index in [9.17, 15) is 9.59 Å². The SMILES string of the molecule is CCC(CC)CN1C(=O)C(C)NC(=O)CC1C. The second-order valence-corrected chi connectivity index (χ2v) is 5.02. The summed E-state index contributed by atoms with van der Waals surface area (Å²) in [4.78, 5) is 25.6. The maximum atomic E-state index is 12.2. The summed E-state index contributed by atoms with van der Waals surface area (Å²) in [5.74, 6) is 0.558. The quantitative estimate of drug-likeness (QED) is 0.810. The Kier molecular flexibility index (Phi) is 4.97. The lowest BCUT2D eigenvalue weighted by Crippen LogP contribution is -2.46. The summed E-state index contributed by atoms with van der Waals surface area (Å²) in [5.41, 5.74) is 0. The summed E-state index contributed by atoms with van der Waals surface area (Å²) in [6.07, 6.45) is 2.56. The zero-order valence-electron chi connectivity index (χ0n) is 11.3. The number of carbonyl (C=O) groups is 2. The normalized spacial score (nSPS) is 26.1. The number of hydrogen-bond donors (Lipinski definition) is 1. The molecular formula is C13H24N2O2. The Balaban J connectivity index is 2.78. The van der Waals surface area contributed by atoms with E-state index in [4.69, 9.17) is 0 Å². The van der Waals surface area contributed by atoms with E-state index in [-0.39, 0.29) is 23.9 Å². The second kappa shape index (κ2) is 6.03. The average molecular weight is 240 g/mol. The van der Waals surface area contributed by atoms with Crippen LogP contribution in [0, 0.1) is 5.92 Å². The molecule has 0 aromatic heterocycles. The maximum Gasteiger partial charge on any atom is 0.245 e. The highest BCUT2D eigenvalue weighted by Gasteiger charge is 2.32. The summed E-state index contributed by atoms with van der Waals surface area (Å²) >= 11 is 0. The Morgan fingerprint density at radius 3 is 2.41 bits per heavy atom. The van der Waals surface area contributed by atoms with Crippen molar-refractivity contribution in [1.82, 2.24) is 10.2 Å². The second-order valence-electron chi connectivity index (χ2n) is 5.02. The number of rotatable bonds is 4. The predicted molar refractivity (Wildman–Crippen MR) is 67.5 cm³/mol. The lowest BCUT2D eigenvalue weighted by atomic mass is 10.0. The van der Waals surface area contributed by atoms with Gasteiger partial charge in [0.25, 0.3) is 0 Å². The van der Waals surface area contributed by atoms with Gasteiger partial charge < -0.3 is 10.2 Å². The molecule has 2 unspecified atom stereocenters. The van der Waals surface area contributed by atoms with Crippen molar-refractivity contribution in [3.05, 3.63) is 0 Å². The number of amides is 2. The van der Waals surface area contributed by atoms with Crippen molar-refractivity contribution in [2.45, 2.75) is 59.0 Å². The molecule has 4 heteroatoms. The van der Waals surface area contributed by atoms with Crippen LogP contribution in [0.25, 0.3) is 0 Å². The van der Waals surface area contributed by atoms with Gasteiger partial charge in [-0.1, -0.05) is 26.7 Å². The van der Waals surface area contributed by atoms with E-state index in [2.05, 4.69) is 19.2 Å². The predicted octanol–water partition coefficient (Wildman–Crippen LogP) is 1.55. The van der Waals surface area contributed by atoms with Crippen molar-refractivity contribution in [3.8, 4) is 0 Å². The van der Waals surface area contributed by atoms with Crippen LogP contribution in [0.1, 0.15) is 47.0 Å². The van der Waals surface area contributed by atoms with E-state index in [0.717, 1.165) is 19.4 Å². The van der Waals surface area contributed by atoms with Gasteiger partial charge in [0.05, 0.1) is 0 Å². The van der Waals surface area contributed by atoms with Gasteiger partial charge >= 0.3 is 0 Å². The fraction of sp³-hybridized carbons (Fsp3) is 0.846. The third kappa shape index (κ3) is 3.45. The maximum absolute atomic E-state index is 12.2. The number of nitrogens with one attached hydrogen (secondary N) is 1. The van der Waals surface area contributed by atoms with E-state index < -0.39 is 0 Å². The van der Waals surface area contributed by atoms with E-state index in [0.29, 0.717) is 12.3 Å². The zero-order chi connectivity index (χ0) is 13.0. The Bertz CT molecular complexity index is 287. The minimum absolute atomic E-state index is 0.00745. The van der Waals surface area contributed by atoms with Gasteiger partial charge in [-0.15, -0.1) is 0 Å². The Morgan fingerprint density at radius 1 is 1.29 bits per heavy atom. The highest BCUT2D eigenvalue weighted by Crippen LogP contribution is 2.17. The molecule has 0 radical (unpaired) electrons. The molecule has 98 valence electrons. The molecule has 0 aromatic carbocycles. The first kappa shape index (κ1) is 14.0. The van der Waals surface area contributed by atoms with Gasteiger partial charge in [-0.2, -0.15) is 0 Å². The highest BCUT2D eigenvalue weighted by atomic mass is 16.2. The Hall–Kier alpha value is -1.06. The molecule has 1 rings (SSSR count). The van der Waals surface area contributed by atoms with Crippen LogP contribution in [-0.4, -0.2) is 35.3 Å². The first-order valence-corrected chi connectivity index (χ1v) is 6.59. The van der Waals surface area contributed by atoms with Crippen LogP contribution in [-0.2, 0) is 9.59 Å². The van der Waals surface area contributed by atoms with E-state index in [1.807, 2.05) is 11.8 Å². The van der Waals surface area contributed by atoms with Crippen LogP contribution in [0.5, 0.6) is 0 Å². The van der Waals surface area contributed by atoms with Crippen LogP contribution in [0.2, 0.25) is 0 Å². The molecule has 1 aliphatic rings. The molecule has 2 amide bonds. The van der Waals surface area contributed by atoms with Gasteiger partial charge in [-0.05, 0) is 19.8 Å². The van der Waals surface area contributed by atoms with Crippen molar-refractivity contribution in [2.75, 3.05) is 6.54 Å². The fourth-order valence-electron chi connectivity index (χ4n) is 2.30. The zero-order valence-corrected chi connectivity index (χ0v) is 11.3. The summed E-state index contributed by atoms with van der Waals surface area (Å²) in [7, 11) is 0. The third-order valence-electron chi connectivity index (χ3n) is 3.65. The summed E-state index contributed by atoms with van der Waals surface area (Å²) < 4.78 is 0. The molecular weight excluding hydrogens is 216 g/mol. The minimum Gasteiger partial charge on any atom is -0.345 e. The molecule has 1 N–H and O–H groups in total. The number of hydrogen-bond acceptors (Lipinski definition) is 2. The molecule has 1 heterocycles. The molecule has 2 atom stereocenters. The average Bonchev–Trinajstić information content (AvgIpc) is 2.36. The van der Waals surface area contributed by atoms with E-state index in [1.165, 1.54) is 0 Å². The monoisotopic (exact) mass is 240 g/mol. The van der Waals surface area contributed by atoms with Crippen LogP contribution in [0.4, 0.5) is 0 Å². The number of nitrogens with zero attached hydrogens (tertiary/aromatic N) is 1. The minimum atomic E-state index is -0.387. The lowest BCUT2D eigenvalue weighted by molar-refractivity contribution is -0.135. The Labute approximate surface area is 104 Å². The van der Waals surface area contributed by atoms with Gasteiger partial charge in [0, 0.05) is 19.0 Å². The summed E-state index contributed by atoms with van der Waals surface area (Å²) in [6, 6.07) is -0.380. The Morgan fingerprint density at radius 2 is 1.88 bits per heavy atom. The first-order valence-electron chi connectivity index (χ1n) is 6.59. The van der Waals surface area contributed by atoms with Crippen LogP contribution in [0.15, 0.2) is 0 Å². The summed E-state index contributed by atoms with van der Waals surface area (Å²) in [5, 5.41) is 2.73. The van der Waals surface area contributed by atoms with Crippen molar-refractivity contribution < 1.29 is 9.59 Å². The fourth-order valence-corrected chi connectivity index (χ4v) is 2.30. The van der Waals surface area contributed by atoms with Gasteiger partial charge in [0.15, 0.2) is 0 Å². The lowest BCUT2D eigenvalue weighted by Gasteiger charge is -2.31. The smallest absolute Gasteiger partial charge is 0.245 e. The van der Waals surface area contributed by atoms with Crippen molar-refractivity contribution in [1.29, 1.82) is 0 Å². The molecule has 17 heavy (non-hydrogen) atoms. The standard InChI is InChI=1S/C13H24N2O2/c1-5-11(6-2)8-15-9(3)7-12(16)14-10(4)13(15)17/h9-11H,5-8H2,1-4H3,(H,14,16). The van der Waals surface area contributed by atoms with Crippen LogP contribution >= 0.6 is 0 Å². The molecule has 1 saturated heterocycles. The molecule has 0 aromatic rings. The van der Waals surface area contributed by atoms with Crippen molar-refractivity contribution in [2.24, 2.45) is 5.92 Å². The molecule has 1 fully saturated rings. The molecule has 4 nitrogen and oxygen atoms in total. The molecule has 1 aliphatic heterocycles. The van der Waals surface area contributed by atoms with Crippen LogP contribution in [0.3, 0.4) is 0 Å². The van der Waals surface area contributed by atoms with Crippen molar-refractivity contribution >= 4 is 11.8 Å². The molecule has 0 spiro atoms. The van der Waals surface area contributed by atoms with Gasteiger partial charge in [0.1, 0.15) is 6.04 Å². The first-order chi connectivity index (χ1) is 7.99.